The van der Waals surface area contributed by atoms with E-state index in [-0.39, 0.29) is 5.91 Å². The molecule has 0 radical (unpaired) electrons. The van der Waals surface area contributed by atoms with E-state index in [0.717, 1.165) is 19.3 Å². The predicted octanol–water partition coefficient (Wildman–Crippen LogP) is 1.88. The maximum absolute atomic E-state index is 12.1. The number of hydrogen-bond donors (Lipinski definition) is 1. The summed E-state index contributed by atoms with van der Waals surface area (Å²) in [5, 5.41) is 0. The third kappa shape index (κ3) is 3.57. The van der Waals surface area contributed by atoms with E-state index in [4.69, 9.17) is 5.73 Å². The van der Waals surface area contributed by atoms with E-state index in [1.807, 2.05) is 4.90 Å². The Labute approximate surface area is 109 Å². The molecule has 0 heterocycles. The van der Waals surface area contributed by atoms with Crippen molar-refractivity contribution in [2.75, 3.05) is 13.1 Å². The SMILES string of the molecule is Cc1ccc(CCC(=O)N(CCN)C2CC2)cc1. The Hall–Kier alpha value is -1.35. The van der Waals surface area contributed by atoms with Gasteiger partial charge < -0.3 is 10.6 Å². The van der Waals surface area contributed by atoms with E-state index in [9.17, 15) is 4.79 Å². The number of carbonyl (C=O) groups excluding carboxylic acids is 1. The largest absolute Gasteiger partial charge is 0.338 e. The van der Waals surface area contributed by atoms with Gasteiger partial charge in [-0.2, -0.15) is 0 Å². The average molecular weight is 246 g/mol. The third-order valence-electron chi connectivity index (χ3n) is 3.43. The quantitative estimate of drug-likeness (QED) is 0.833. The first-order valence-corrected chi connectivity index (χ1v) is 6.76. The summed E-state index contributed by atoms with van der Waals surface area (Å²) in [6.07, 6.45) is 3.72. The van der Waals surface area contributed by atoms with Gasteiger partial charge in [-0.05, 0) is 31.7 Å². The number of hydrogen-bond acceptors (Lipinski definition) is 2. The van der Waals surface area contributed by atoms with Crippen molar-refractivity contribution in [1.29, 1.82) is 0 Å². The van der Waals surface area contributed by atoms with Crippen LogP contribution >= 0.6 is 0 Å². The summed E-state index contributed by atoms with van der Waals surface area (Å²) in [6.45, 7) is 3.34. The van der Waals surface area contributed by atoms with Gasteiger partial charge in [0.2, 0.25) is 5.91 Å². The second kappa shape index (κ2) is 6.01. The summed E-state index contributed by atoms with van der Waals surface area (Å²) in [6, 6.07) is 8.87. The lowest BCUT2D eigenvalue weighted by Gasteiger charge is -2.21. The first-order chi connectivity index (χ1) is 8.70. The second-order valence-electron chi connectivity index (χ2n) is 5.09. The highest BCUT2D eigenvalue weighted by molar-refractivity contribution is 5.77. The van der Waals surface area contributed by atoms with E-state index in [1.165, 1.54) is 11.1 Å². The lowest BCUT2D eigenvalue weighted by Crippen LogP contribution is -2.37. The van der Waals surface area contributed by atoms with Gasteiger partial charge in [-0.25, -0.2) is 0 Å². The van der Waals surface area contributed by atoms with Crippen molar-refractivity contribution in [3.05, 3.63) is 35.4 Å². The van der Waals surface area contributed by atoms with Gasteiger partial charge in [0.25, 0.3) is 0 Å². The summed E-state index contributed by atoms with van der Waals surface area (Å²) < 4.78 is 0. The lowest BCUT2D eigenvalue weighted by atomic mass is 10.1. The molecule has 0 spiro atoms. The van der Waals surface area contributed by atoms with Crippen molar-refractivity contribution in [2.45, 2.75) is 38.6 Å². The van der Waals surface area contributed by atoms with Crippen molar-refractivity contribution >= 4 is 5.91 Å². The van der Waals surface area contributed by atoms with Gasteiger partial charge in [-0.15, -0.1) is 0 Å². The Morgan fingerprint density at radius 1 is 1.33 bits per heavy atom. The zero-order valence-electron chi connectivity index (χ0n) is 11.1. The number of carbonyl (C=O) groups is 1. The van der Waals surface area contributed by atoms with Gasteiger partial charge in [0, 0.05) is 25.6 Å². The van der Waals surface area contributed by atoms with Gasteiger partial charge in [-0.1, -0.05) is 29.8 Å². The van der Waals surface area contributed by atoms with E-state index in [1.54, 1.807) is 0 Å². The van der Waals surface area contributed by atoms with Crippen molar-refractivity contribution in [2.24, 2.45) is 5.73 Å². The van der Waals surface area contributed by atoms with Crippen LogP contribution in [0.1, 0.15) is 30.4 Å². The van der Waals surface area contributed by atoms with Crippen LogP contribution in [-0.2, 0) is 11.2 Å². The van der Waals surface area contributed by atoms with Crippen molar-refractivity contribution in [3.63, 3.8) is 0 Å². The van der Waals surface area contributed by atoms with Crippen molar-refractivity contribution in [3.8, 4) is 0 Å². The average Bonchev–Trinajstić information content (AvgIpc) is 3.19. The van der Waals surface area contributed by atoms with Gasteiger partial charge in [0.15, 0.2) is 0 Å². The highest BCUT2D eigenvalue weighted by Gasteiger charge is 2.31. The van der Waals surface area contributed by atoms with Crippen molar-refractivity contribution in [1.82, 2.24) is 4.90 Å². The first kappa shape index (κ1) is 13.1. The fourth-order valence-electron chi connectivity index (χ4n) is 2.19. The molecule has 0 atom stereocenters. The molecule has 2 N–H and O–H groups in total. The Bertz CT molecular complexity index is 395. The monoisotopic (exact) mass is 246 g/mol. The van der Waals surface area contributed by atoms with Crippen LogP contribution < -0.4 is 5.73 Å². The molecule has 1 aliphatic rings. The lowest BCUT2D eigenvalue weighted by molar-refractivity contribution is -0.131. The van der Waals surface area contributed by atoms with Gasteiger partial charge in [-0.3, -0.25) is 4.79 Å². The molecule has 3 nitrogen and oxygen atoms in total. The van der Waals surface area contributed by atoms with Crippen LogP contribution in [0, 0.1) is 6.92 Å². The molecule has 1 aromatic carbocycles. The first-order valence-electron chi connectivity index (χ1n) is 6.76. The molecular weight excluding hydrogens is 224 g/mol. The number of nitrogens with zero attached hydrogens (tertiary/aromatic N) is 1. The Morgan fingerprint density at radius 3 is 2.56 bits per heavy atom. The second-order valence-corrected chi connectivity index (χ2v) is 5.09. The molecule has 0 aliphatic heterocycles. The fraction of sp³-hybridized carbons (Fsp3) is 0.533. The normalized spacial score (nSPS) is 14.6. The van der Waals surface area contributed by atoms with Crippen LogP contribution in [0.4, 0.5) is 0 Å². The van der Waals surface area contributed by atoms with Gasteiger partial charge >= 0.3 is 0 Å². The molecule has 18 heavy (non-hydrogen) atoms. The summed E-state index contributed by atoms with van der Waals surface area (Å²) >= 11 is 0. The maximum Gasteiger partial charge on any atom is 0.223 e. The van der Waals surface area contributed by atoms with Gasteiger partial charge in [0.1, 0.15) is 0 Å². The predicted molar refractivity (Wildman–Crippen MR) is 73.3 cm³/mol. The van der Waals surface area contributed by atoms with Crippen molar-refractivity contribution < 1.29 is 4.79 Å². The molecule has 98 valence electrons. The number of benzene rings is 1. The number of amides is 1. The van der Waals surface area contributed by atoms with Crippen LogP contribution in [0.5, 0.6) is 0 Å². The van der Waals surface area contributed by atoms with Crippen LogP contribution in [0.3, 0.4) is 0 Å². The Morgan fingerprint density at radius 2 is 2.00 bits per heavy atom. The molecule has 0 unspecified atom stereocenters. The molecule has 3 heteroatoms. The summed E-state index contributed by atoms with van der Waals surface area (Å²) in [7, 11) is 0. The highest BCUT2D eigenvalue weighted by Crippen LogP contribution is 2.27. The minimum atomic E-state index is 0.253. The highest BCUT2D eigenvalue weighted by atomic mass is 16.2. The topological polar surface area (TPSA) is 46.3 Å². The van der Waals surface area contributed by atoms with Crippen LogP contribution in [-0.4, -0.2) is 29.9 Å². The fourth-order valence-corrected chi connectivity index (χ4v) is 2.19. The molecule has 0 saturated heterocycles. The zero-order chi connectivity index (χ0) is 13.0. The smallest absolute Gasteiger partial charge is 0.223 e. The van der Waals surface area contributed by atoms with Gasteiger partial charge in [0.05, 0.1) is 0 Å². The molecule has 0 aromatic heterocycles. The molecular formula is C15H22N2O. The van der Waals surface area contributed by atoms with E-state index >= 15 is 0 Å². The molecule has 1 aliphatic carbocycles. The van der Waals surface area contributed by atoms with Crippen LogP contribution in [0.15, 0.2) is 24.3 Å². The number of aryl methyl sites for hydroxylation is 2. The van der Waals surface area contributed by atoms with E-state index < -0.39 is 0 Å². The molecule has 1 aromatic rings. The minimum absolute atomic E-state index is 0.253. The standard InChI is InChI=1S/C15H22N2O/c1-12-2-4-13(5-3-12)6-9-15(18)17(11-10-16)14-7-8-14/h2-5,14H,6-11,16H2,1H3. The van der Waals surface area contributed by atoms with E-state index in [0.29, 0.717) is 25.6 Å². The minimum Gasteiger partial charge on any atom is -0.338 e. The Kier molecular flexibility index (Phi) is 4.37. The molecule has 1 fully saturated rings. The number of nitrogens with two attached hydrogens (primary N) is 1. The summed E-state index contributed by atoms with van der Waals surface area (Å²) in [4.78, 5) is 14.1. The van der Waals surface area contributed by atoms with E-state index in [2.05, 4.69) is 31.2 Å². The number of rotatable bonds is 6. The summed E-state index contributed by atoms with van der Waals surface area (Å²) in [5.41, 5.74) is 8.05. The zero-order valence-corrected chi connectivity index (χ0v) is 11.1. The maximum atomic E-state index is 12.1. The molecule has 0 bridgehead atoms. The Balaban J connectivity index is 1.84. The molecule has 1 amide bonds. The van der Waals surface area contributed by atoms with Crippen LogP contribution in [0.2, 0.25) is 0 Å². The summed E-state index contributed by atoms with van der Waals surface area (Å²) in [5.74, 6) is 0.253. The molecule has 2 rings (SSSR count). The molecule has 1 saturated carbocycles. The van der Waals surface area contributed by atoms with Crippen LogP contribution in [0.25, 0.3) is 0 Å². The third-order valence-corrected chi connectivity index (χ3v) is 3.43.